The molecule has 0 aliphatic carbocycles. The van der Waals surface area contributed by atoms with Crippen molar-refractivity contribution in [2.24, 2.45) is 0 Å². The summed E-state index contributed by atoms with van der Waals surface area (Å²) in [6.07, 6.45) is 0.241. The summed E-state index contributed by atoms with van der Waals surface area (Å²) in [7, 11) is 0. The third-order valence-corrected chi connectivity index (χ3v) is 5.41. The maximum atomic E-state index is 12.5. The molecule has 1 aliphatic rings. The lowest BCUT2D eigenvalue weighted by molar-refractivity contribution is -0.115. The first-order valence-corrected chi connectivity index (χ1v) is 10.3. The summed E-state index contributed by atoms with van der Waals surface area (Å²) in [5.74, 6) is 2.63. The average Bonchev–Trinajstić information content (AvgIpc) is 3.05. The molecule has 0 atom stereocenters. The summed E-state index contributed by atoms with van der Waals surface area (Å²) < 4.78 is 22.8. The number of aryl methyl sites for hydroxylation is 2. The fourth-order valence-electron chi connectivity index (χ4n) is 3.11. The summed E-state index contributed by atoms with van der Waals surface area (Å²) in [6.45, 7) is 5.15. The van der Waals surface area contributed by atoms with Crippen molar-refractivity contribution in [2.75, 3.05) is 18.5 Å². The van der Waals surface area contributed by atoms with E-state index in [1.54, 1.807) is 12.1 Å². The lowest BCUT2D eigenvalue weighted by atomic mass is 10.1. The molecule has 30 heavy (non-hydrogen) atoms. The number of hydrogen-bond acceptors (Lipinski definition) is 6. The molecule has 156 valence electrons. The molecule has 4 rings (SSSR count). The van der Waals surface area contributed by atoms with Gasteiger partial charge in [0, 0.05) is 16.6 Å². The van der Waals surface area contributed by atoms with E-state index in [2.05, 4.69) is 26.4 Å². The Hall–Kier alpha value is -3.00. The second-order valence-corrected chi connectivity index (χ2v) is 7.79. The van der Waals surface area contributed by atoms with Gasteiger partial charge in [-0.2, -0.15) is 0 Å². The third-order valence-electron chi connectivity index (χ3n) is 4.76. The van der Waals surface area contributed by atoms with E-state index in [9.17, 15) is 4.79 Å². The first-order chi connectivity index (χ1) is 14.5. The van der Waals surface area contributed by atoms with Gasteiger partial charge in [0.15, 0.2) is 11.5 Å². The number of carbonyl (C=O) groups excluding carboxylic acids is 1. The number of nitrogens with one attached hydrogen (secondary N) is 1. The van der Waals surface area contributed by atoms with Gasteiger partial charge in [-0.25, -0.2) is 0 Å². The van der Waals surface area contributed by atoms with E-state index in [-0.39, 0.29) is 12.3 Å². The minimum Gasteiger partial charge on any atom is -0.489 e. The normalized spacial score (nSPS) is 12.5. The van der Waals surface area contributed by atoms with Gasteiger partial charge in [-0.15, -0.1) is 0 Å². The van der Waals surface area contributed by atoms with Gasteiger partial charge < -0.3 is 24.1 Å². The van der Waals surface area contributed by atoms with Crippen LogP contribution in [0.5, 0.6) is 17.2 Å². The van der Waals surface area contributed by atoms with E-state index in [0.717, 1.165) is 27.1 Å². The summed E-state index contributed by atoms with van der Waals surface area (Å²) in [5, 5.41) is 6.83. The van der Waals surface area contributed by atoms with Crippen molar-refractivity contribution in [3.05, 3.63) is 63.5 Å². The zero-order chi connectivity index (χ0) is 21.1. The molecule has 1 amide bonds. The lowest BCUT2D eigenvalue weighted by Gasteiger charge is -2.20. The lowest BCUT2D eigenvalue weighted by Crippen LogP contribution is -2.17. The Morgan fingerprint density at radius 2 is 1.83 bits per heavy atom. The van der Waals surface area contributed by atoms with Crippen LogP contribution in [0.15, 0.2) is 45.4 Å². The first kappa shape index (κ1) is 20.3. The van der Waals surface area contributed by atoms with E-state index in [4.69, 9.17) is 18.7 Å². The van der Waals surface area contributed by atoms with Gasteiger partial charge in [-0.3, -0.25) is 4.79 Å². The number of carbonyl (C=O) groups is 1. The Morgan fingerprint density at radius 1 is 1.13 bits per heavy atom. The number of benzene rings is 2. The molecule has 2 heterocycles. The number of ether oxygens (including phenoxy) is 3. The van der Waals surface area contributed by atoms with Gasteiger partial charge in [0.1, 0.15) is 31.3 Å². The van der Waals surface area contributed by atoms with Crippen LogP contribution in [0, 0.1) is 13.8 Å². The smallest absolute Gasteiger partial charge is 0.228 e. The zero-order valence-electron chi connectivity index (χ0n) is 16.7. The molecule has 0 bridgehead atoms. The molecule has 0 saturated carbocycles. The van der Waals surface area contributed by atoms with Crippen LogP contribution >= 0.6 is 15.9 Å². The Bertz CT molecular complexity index is 1040. The van der Waals surface area contributed by atoms with Crippen LogP contribution < -0.4 is 19.5 Å². The highest BCUT2D eigenvalue weighted by molar-refractivity contribution is 9.10. The Morgan fingerprint density at radius 3 is 2.50 bits per heavy atom. The van der Waals surface area contributed by atoms with Crippen LogP contribution in [0.2, 0.25) is 0 Å². The second-order valence-electron chi connectivity index (χ2n) is 6.94. The topological polar surface area (TPSA) is 82.8 Å². The number of amides is 1. The largest absolute Gasteiger partial charge is 0.489 e. The molecule has 0 spiro atoms. The van der Waals surface area contributed by atoms with Crippen LogP contribution in [0.25, 0.3) is 0 Å². The predicted molar refractivity (Wildman–Crippen MR) is 114 cm³/mol. The van der Waals surface area contributed by atoms with Crippen molar-refractivity contribution >= 4 is 27.5 Å². The molecule has 7 nitrogen and oxygen atoms in total. The SMILES string of the molecule is Cc1noc(C)c1COc1ccc(CC(=O)Nc2cc3c(cc2Br)OCCO3)cc1. The van der Waals surface area contributed by atoms with Crippen LogP contribution in [0.3, 0.4) is 0 Å². The molecular weight excluding hydrogens is 452 g/mol. The quantitative estimate of drug-likeness (QED) is 0.564. The molecule has 0 radical (unpaired) electrons. The van der Waals surface area contributed by atoms with Gasteiger partial charge in [-0.1, -0.05) is 17.3 Å². The minimum absolute atomic E-state index is 0.128. The van der Waals surface area contributed by atoms with Crippen molar-refractivity contribution in [2.45, 2.75) is 26.9 Å². The van der Waals surface area contributed by atoms with Gasteiger partial charge in [0.2, 0.25) is 5.91 Å². The Labute approximate surface area is 182 Å². The molecule has 0 fully saturated rings. The standard InChI is InChI=1S/C22H21BrN2O5/c1-13-17(14(2)30-25-13)12-29-16-5-3-15(4-6-16)9-22(26)24-19-11-21-20(10-18(19)23)27-7-8-28-21/h3-6,10-11H,7-9,12H2,1-2H3,(H,24,26). The average molecular weight is 473 g/mol. The molecule has 1 N–H and O–H groups in total. The van der Waals surface area contributed by atoms with E-state index in [1.165, 1.54) is 0 Å². The molecule has 8 heteroatoms. The van der Waals surface area contributed by atoms with Crippen LogP contribution in [-0.2, 0) is 17.8 Å². The van der Waals surface area contributed by atoms with E-state index in [1.807, 2.05) is 38.1 Å². The molecule has 3 aromatic rings. The van der Waals surface area contributed by atoms with Crippen molar-refractivity contribution in [1.29, 1.82) is 0 Å². The van der Waals surface area contributed by atoms with E-state index in [0.29, 0.717) is 42.8 Å². The number of fused-ring (bicyclic) bond motifs is 1. The number of hydrogen-bond donors (Lipinski definition) is 1. The number of anilines is 1. The summed E-state index contributed by atoms with van der Waals surface area (Å²) in [4.78, 5) is 12.5. The summed E-state index contributed by atoms with van der Waals surface area (Å²) in [6, 6.07) is 11.0. The maximum Gasteiger partial charge on any atom is 0.228 e. The van der Waals surface area contributed by atoms with Crippen molar-refractivity contribution in [3.63, 3.8) is 0 Å². The Balaban J connectivity index is 1.35. The van der Waals surface area contributed by atoms with Gasteiger partial charge in [-0.05, 0) is 47.5 Å². The monoisotopic (exact) mass is 472 g/mol. The second kappa shape index (κ2) is 8.79. The van der Waals surface area contributed by atoms with Crippen molar-refractivity contribution < 1.29 is 23.5 Å². The number of nitrogens with zero attached hydrogens (tertiary/aromatic N) is 1. The van der Waals surface area contributed by atoms with Gasteiger partial charge in [0.25, 0.3) is 0 Å². The number of rotatable bonds is 6. The first-order valence-electron chi connectivity index (χ1n) is 9.52. The highest BCUT2D eigenvalue weighted by atomic mass is 79.9. The van der Waals surface area contributed by atoms with Crippen molar-refractivity contribution in [1.82, 2.24) is 5.16 Å². The Kier molecular flexibility index (Phi) is 5.94. The molecule has 0 unspecified atom stereocenters. The summed E-state index contributed by atoms with van der Waals surface area (Å²) in [5.41, 5.74) is 3.30. The number of halogens is 1. The van der Waals surface area contributed by atoms with E-state index >= 15 is 0 Å². The predicted octanol–water partition coefficient (Wildman–Crippen LogP) is 4.59. The maximum absolute atomic E-state index is 12.5. The fourth-order valence-corrected chi connectivity index (χ4v) is 3.53. The van der Waals surface area contributed by atoms with Crippen LogP contribution in [-0.4, -0.2) is 24.3 Å². The minimum atomic E-state index is -0.128. The fraction of sp³-hybridized carbons (Fsp3) is 0.273. The van der Waals surface area contributed by atoms with Gasteiger partial charge in [0.05, 0.1) is 23.4 Å². The van der Waals surface area contributed by atoms with Gasteiger partial charge >= 0.3 is 0 Å². The highest BCUT2D eigenvalue weighted by Gasteiger charge is 2.16. The summed E-state index contributed by atoms with van der Waals surface area (Å²) >= 11 is 3.46. The highest BCUT2D eigenvalue weighted by Crippen LogP contribution is 2.38. The van der Waals surface area contributed by atoms with Crippen LogP contribution in [0.4, 0.5) is 5.69 Å². The van der Waals surface area contributed by atoms with Crippen LogP contribution in [0.1, 0.15) is 22.6 Å². The van der Waals surface area contributed by atoms with Crippen molar-refractivity contribution in [3.8, 4) is 17.2 Å². The number of aromatic nitrogens is 1. The zero-order valence-corrected chi connectivity index (χ0v) is 18.2. The molecular formula is C22H21BrN2O5. The third kappa shape index (κ3) is 4.59. The molecule has 1 aliphatic heterocycles. The van der Waals surface area contributed by atoms with E-state index < -0.39 is 0 Å². The molecule has 1 aromatic heterocycles. The molecule has 0 saturated heterocycles. The molecule has 2 aromatic carbocycles.